The van der Waals surface area contributed by atoms with Crippen molar-refractivity contribution >= 4 is 17.7 Å². The molecule has 0 bridgehead atoms. The van der Waals surface area contributed by atoms with Crippen molar-refractivity contribution in [2.24, 2.45) is 11.7 Å². The van der Waals surface area contributed by atoms with Gasteiger partial charge in [-0.3, -0.25) is 4.79 Å². The van der Waals surface area contributed by atoms with Gasteiger partial charge in [-0.2, -0.15) is 4.98 Å². The fourth-order valence-corrected chi connectivity index (χ4v) is 5.09. The predicted octanol–water partition coefficient (Wildman–Crippen LogP) is 4.66. The first-order valence-electron chi connectivity index (χ1n) is 12.4. The van der Waals surface area contributed by atoms with Gasteiger partial charge in [-0.15, -0.1) is 0 Å². The van der Waals surface area contributed by atoms with Gasteiger partial charge < -0.3 is 16.0 Å². The number of nitrogens with zero attached hydrogens (tertiary/aromatic N) is 3. The lowest BCUT2D eigenvalue weighted by Crippen LogP contribution is -2.33. The molecule has 2 fully saturated rings. The molecule has 1 aliphatic heterocycles. The Morgan fingerprint density at radius 2 is 1.78 bits per heavy atom. The summed E-state index contributed by atoms with van der Waals surface area (Å²) >= 11 is 0. The number of amides is 1. The molecule has 6 nitrogen and oxygen atoms in total. The SMILES string of the molecule is NC(=O)CCCCc1ccc(C2CCN(c3ccnc(NCC4CCCC4)n3)CC2)cc1. The van der Waals surface area contributed by atoms with Crippen molar-refractivity contribution in [3.63, 3.8) is 0 Å². The van der Waals surface area contributed by atoms with Crippen LogP contribution in [0, 0.1) is 5.92 Å². The van der Waals surface area contributed by atoms with Crippen LogP contribution in [-0.2, 0) is 11.2 Å². The number of benzene rings is 1. The van der Waals surface area contributed by atoms with E-state index in [1.54, 1.807) is 0 Å². The average molecular weight is 436 g/mol. The van der Waals surface area contributed by atoms with E-state index in [0.717, 1.165) is 69.4 Å². The van der Waals surface area contributed by atoms with Crippen LogP contribution in [0.25, 0.3) is 0 Å². The number of nitrogens with two attached hydrogens (primary N) is 1. The van der Waals surface area contributed by atoms with Crippen LogP contribution >= 0.6 is 0 Å². The Kier molecular flexibility index (Phi) is 7.97. The molecular weight excluding hydrogens is 398 g/mol. The zero-order valence-corrected chi connectivity index (χ0v) is 19.1. The summed E-state index contributed by atoms with van der Waals surface area (Å²) in [6.07, 6.45) is 12.9. The highest BCUT2D eigenvalue weighted by Crippen LogP contribution is 2.30. The number of nitrogens with one attached hydrogen (secondary N) is 1. The first-order valence-corrected chi connectivity index (χ1v) is 12.4. The van der Waals surface area contributed by atoms with E-state index in [1.807, 2.05) is 12.3 Å². The molecule has 4 rings (SSSR count). The number of rotatable bonds is 10. The van der Waals surface area contributed by atoms with Crippen molar-refractivity contribution in [1.82, 2.24) is 9.97 Å². The third-order valence-corrected chi connectivity index (χ3v) is 7.07. The predicted molar refractivity (Wildman–Crippen MR) is 130 cm³/mol. The van der Waals surface area contributed by atoms with Gasteiger partial charge in [0.15, 0.2) is 0 Å². The number of piperidine rings is 1. The van der Waals surface area contributed by atoms with E-state index < -0.39 is 0 Å². The molecule has 1 saturated heterocycles. The van der Waals surface area contributed by atoms with Crippen LogP contribution in [0.4, 0.5) is 11.8 Å². The van der Waals surface area contributed by atoms with E-state index in [1.165, 1.54) is 36.8 Å². The van der Waals surface area contributed by atoms with Crippen LogP contribution < -0.4 is 16.0 Å². The van der Waals surface area contributed by atoms with Gasteiger partial charge in [0.05, 0.1) is 0 Å². The number of hydrogen-bond acceptors (Lipinski definition) is 5. The van der Waals surface area contributed by atoms with Crippen molar-refractivity contribution in [1.29, 1.82) is 0 Å². The van der Waals surface area contributed by atoms with E-state index in [9.17, 15) is 4.79 Å². The zero-order chi connectivity index (χ0) is 22.2. The quantitative estimate of drug-likeness (QED) is 0.530. The van der Waals surface area contributed by atoms with Crippen LogP contribution in [0.5, 0.6) is 0 Å². The molecule has 172 valence electrons. The molecular formula is C26H37N5O. The molecule has 1 amide bonds. The molecule has 6 heteroatoms. The highest BCUT2D eigenvalue weighted by atomic mass is 16.1. The molecule has 0 radical (unpaired) electrons. The van der Waals surface area contributed by atoms with Gasteiger partial charge in [0.1, 0.15) is 5.82 Å². The smallest absolute Gasteiger partial charge is 0.224 e. The molecule has 0 atom stereocenters. The third kappa shape index (κ3) is 6.44. The Labute approximate surface area is 192 Å². The average Bonchev–Trinajstić information content (AvgIpc) is 3.35. The van der Waals surface area contributed by atoms with E-state index in [4.69, 9.17) is 10.7 Å². The van der Waals surface area contributed by atoms with Crippen LogP contribution in [0.2, 0.25) is 0 Å². The number of primary amides is 1. The number of aryl methyl sites for hydroxylation is 1. The van der Waals surface area contributed by atoms with Crippen molar-refractivity contribution in [2.45, 2.75) is 70.1 Å². The summed E-state index contributed by atoms with van der Waals surface area (Å²) in [4.78, 5) is 22.5. The normalized spacial score (nSPS) is 17.6. The molecule has 1 aliphatic carbocycles. The molecule has 2 aliphatic rings. The minimum Gasteiger partial charge on any atom is -0.370 e. The summed E-state index contributed by atoms with van der Waals surface area (Å²) in [7, 11) is 0. The summed E-state index contributed by atoms with van der Waals surface area (Å²) < 4.78 is 0. The lowest BCUT2D eigenvalue weighted by Gasteiger charge is -2.33. The minimum absolute atomic E-state index is 0.204. The Balaban J connectivity index is 1.24. The summed E-state index contributed by atoms with van der Waals surface area (Å²) in [5.74, 6) is 2.99. The van der Waals surface area contributed by atoms with Crippen molar-refractivity contribution in [3.05, 3.63) is 47.7 Å². The second-order valence-electron chi connectivity index (χ2n) is 9.45. The highest BCUT2D eigenvalue weighted by molar-refractivity contribution is 5.73. The largest absolute Gasteiger partial charge is 0.370 e. The fraction of sp³-hybridized carbons (Fsp3) is 0.577. The molecule has 0 spiro atoms. The van der Waals surface area contributed by atoms with E-state index >= 15 is 0 Å². The van der Waals surface area contributed by atoms with Gasteiger partial charge in [0.2, 0.25) is 11.9 Å². The van der Waals surface area contributed by atoms with Crippen LogP contribution in [0.3, 0.4) is 0 Å². The Bertz CT molecular complexity index is 855. The molecule has 2 aromatic rings. The van der Waals surface area contributed by atoms with Gasteiger partial charge in [0, 0.05) is 32.3 Å². The maximum atomic E-state index is 10.8. The van der Waals surface area contributed by atoms with Crippen molar-refractivity contribution in [3.8, 4) is 0 Å². The number of carbonyl (C=O) groups excluding carboxylic acids is 1. The highest BCUT2D eigenvalue weighted by Gasteiger charge is 2.22. The second kappa shape index (κ2) is 11.3. The molecule has 0 unspecified atom stereocenters. The third-order valence-electron chi connectivity index (χ3n) is 7.07. The lowest BCUT2D eigenvalue weighted by molar-refractivity contribution is -0.118. The monoisotopic (exact) mass is 435 g/mol. The maximum Gasteiger partial charge on any atom is 0.224 e. The molecule has 3 N–H and O–H groups in total. The fourth-order valence-electron chi connectivity index (χ4n) is 5.09. The first-order chi connectivity index (χ1) is 15.7. The lowest BCUT2D eigenvalue weighted by atomic mass is 9.88. The standard InChI is InChI=1S/C26H37N5O/c27-24(32)8-4-3-5-20-9-11-22(12-10-20)23-14-17-31(18-15-23)25-13-16-28-26(30-25)29-19-21-6-1-2-7-21/h9-13,16,21,23H,1-8,14-15,17-19H2,(H2,27,32)(H,28,29,30). The zero-order valence-electron chi connectivity index (χ0n) is 19.1. The summed E-state index contributed by atoms with van der Waals surface area (Å²) in [6, 6.07) is 11.1. The molecule has 1 saturated carbocycles. The van der Waals surface area contributed by atoms with Crippen LogP contribution in [-0.4, -0.2) is 35.5 Å². The van der Waals surface area contributed by atoms with Crippen molar-refractivity contribution < 1.29 is 4.79 Å². The van der Waals surface area contributed by atoms with Gasteiger partial charge in [-0.1, -0.05) is 37.1 Å². The Morgan fingerprint density at radius 3 is 2.50 bits per heavy atom. The topological polar surface area (TPSA) is 84.1 Å². The van der Waals surface area contributed by atoms with Gasteiger partial charge in [0.25, 0.3) is 0 Å². The van der Waals surface area contributed by atoms with E-state index in [2.05, 4.69) is 39.5 Å². The maximum absolute atomic E-state index is 10.8. The van der Waals surface area contributed by atoms with E-state index in [-0.39, 0.29) is 5.91 Å². The number of unbranched alkanes of at least 4 members (excludes halogenated alkanes) is 1. The first kappa shape index (κ1) is 22.6. The van der Waals surface area contributed by atoms with Crippen molar-refractivity contribution in [2.75, 3.05) is 29.9 Å². The Hall–Kier alpha value is -2.63. The summed E-state index contributed by atoms with van der Waals surface area (Å²) in [5, 5.41) is 3.46. The Morgan fingerprint density at radius 1 is 1.03 bits per heavy atom. The van der Waals surface area contributed by atoms with E-state index in [0.29, 0.717) is 12.3 Å². The number of hydrogen-bond donors (Lipinski definition) is 2. The molecule has 32 heavy (non-hydrogen) atoms. The van der Waals surface area contributed by atoms with Gasteiger partial charge in [-0.05, 0) is 74.0 Å². The number of carbonyl (C=O) groups is 1. The second-order valence-corrected chi connectivity index (χ2v) is 9.45. The van der Waals surface area contributed by atoms with Crippen LogP contribution in [0.15, 0.2) is 36.5 Å². The minimum atomic E-state index is -0.204. The van der Waals surface area contributed by atoms with Gasteiger partial charge >= 0.3 is 0 Å². The molecule has 1 aromatic carbocycles. The van der Waals surface area contributed by atoms with Gasteiger partial charge in [-0.25, -0.2) is 4.98 Å². The van der Waals surface area contributed by atoms with Crippen LogP contribution in [0.1, 0.15) is 74.8 Å². The molecule has 1 aromatic heterocycles. The molecule has 2 heterocycles. The summed E-state index contributed by atoms with van der Waals surface area (Å²) in [6.45, 7) is 3.05. The number of anilines is 2. The summed E-state index contributed by atoms with van der Waals surface area (Å²) in [5.41, 5.74) is 7.99. The number of aromatic nitrogens is 2.